The number of benzene rings is 1. The molecule has 0 aliphatic carbocycles. The van der Waals surface area contributed by atoms with Gasteiger partial charge in [-0.1, -0.05) is 30.3 Å². The van der Waals surface area contributed by atoms with E-state index in [0.717, 1.165) is 16.5 Å². The highest BCUT2D eigenvalue weighted by Gasteiger charge is 2.21. The molecule has 0 bridgehead atoms. The van der Waals surface area contributed by atoms with Gasteiger partial charge in [0.1, 0.15) is 11.3 Å². The highest BCUT2D eigenvalue weighted by atomic mass is 16.5. The first-order chi connectivity index (χ1) is 12.6. The molecule has 136 valence electrons. The number of rotatable bonds is 7. The average Bonchev–Trinajstić information content (AvgIpc) is 3.23. The van der Waals surface area contributed by atoms with Crippen LogP contribution in [-0.4, -0.2) is 35.2 Å². The molecule has 3 aromatic rings. The maximum atomic E-state index is 12.1. The zero-order valence-electron chi connectivity index (χ0n) is 14.8. The first-order valence-corrected chi connectivity index (χ1v) is 8.54. The van der Waals surface area contributed by atoms with Crippen LogP contribution >= 0.6 is 0 Å². The summed E-state index contributed by atoms with van der Waals surface area (Å²) in [5.74, 6) is -0.538. The van der Waals surface area contributed by atoms with E-state index >= 15 is 0 Å². The number of aryl methyl sites for hydroxylation is 2. The Balaban J connectivity index is 1.47. The first kappa shape index (κ1) is 17.7. The van der Waals surface area contributed by atoms with Crippen molar-refractivity contribution in [3.63, 3.8) is 0 Å². The Morgan fingerprint density at radius 2 is 2.12 bits per heavy atom. The third-order valence-electron chi connectivity index (χ3n) is 4.20. The Bertz CT molecular complexity index is 926. The SMILES string of the molecule is CCc1noc(C)c1C(=O)OCC(=O)NCCc1c[nH]c2ccccc12. The number of hydrogen-bond donors (Lipinski definition) is 2. The van der Waals surface area contributed by atoms with E-state index in [0.29, 0.717) is 36.4 Å². The van der Waals surface area contributed by atoms with E-state index in [-0.39, 0.29) is 12.5 Å². The number of nitrogens with zero attached hydrogens (tertiary/aromatic N) is 1. The molecule has 3 rings (SSSR count). The van der Waals surface area contributed by atoms with E-state index in [1.165, 1.54) is 0 Å². The Morgan fingerprint density at radius 1 is 1.31 bits per heavy atom. The van der Waals surface area contributed by atoms with Crippen LogP contribution in [0.25, 0.3) is 10.9 Å². The molecule has 2 heterocycles. The average molecular weight is 355 g/mol. The van der Waals surface area contributed by atoms with Gasteiger partial charge in [0.2, 0.25) is 0 Å². The summed E-state index contributed by atoms with van der Waals surface area (Å²) >= 11 is 0. The van der Waals surface area contributed by atoms with Gasteiger partial charge in [-0.25, -0.2) is 4.79 Å². The first-order valence-electron chi connectivity index (χ1n) is 8.54. The summed E-state index contributed by atoms with van der Waals surface area (Å²) in [6, 6.07) is 8.00. The van der Waals surface area contributed by atoms with Crippen molar-refractivity contribution in [1.82, 2.24) is 15.5 Å². The molecule has 2 aromatic heterocycles. The molecule has 7 nitrogen and oxygen atoms in total. The van der Waals surface area contributed by atoms with Gasteiger partial charge in [-0.15, -0.1) is 0 Å². The summed E-state index contributed by atoms with van der Waals surface area (Å²) in [6.07, 6.45) is 3.19. The largest absolute Gasteiger partial charge is 0.452 e. The van der Waals surface area contributed by atoms with Crippen molar-refractivity contribution in [2.24, 2.45) is 0 Å². The molecule has 1 amide bonds. The molecule has 0 saturated heterocycles. The van der Waals surface area contributed by atoms with Crippen molar-refractivity contribution >= 4 is 22.8 Å². The van der Waals surface area contributed by atoms with Gasteiger partial charge in [-0.2, -0.15) is 0 Å². The van der Waals surface area contributed by atoms with Crippen LogP contribution in [0, 0.1) is 6.92 Å². The molecule has 0 radical (unpaired) electrons. The summed E-state index contributed by atoms with van der Waals surface area (Å²) in [6.45, 7) is 3.64. The van der Waals surface area contributed by atoms with Crippen LogP contribution in [0.4, 0.5) is 0 Å². The zero-order chi connectivity index (χ0) is 18.5. The Hall–Kier alpha value is -3.09. The third kappa shape index (κ3) is 3.77. The number of carbonyl (C=O) groups excluding carboxylic acids is 2. The number of nitrogens with one attached hydrogen (secondary N) is 2. The molecule has 0 aliphatic heterocycles. The lowest BCUT2D eigenvalue weighted by molar-refractivity contribution is -0.124. The number of fused-ring (bicyclic) bond motifs is 1. The van der Waals surface area contributed by atoms with Crippen LogP contribution in [0.1, 0.15) is 34.3 Å². The van der Waals surface area contributed by atoms with E-state index in [2.05, 4.69) is 15.5 Å². The van der Waals surface area contributed by atoms with Crippen LogP contribution in [0.2, 0.25) is 0 Å². The monoisotopic (exact) mass is 355 g/mol. The predicted molar refractivity (Wildman–Crippen MR) is 95.9 cm³/mol. The van der Waals surface area contributed by atoms with Crippen molar-refractivity contribution in [3.05, 3.63) is 53.0 Å². The van der Waals surface area contributed by atoms with Gasteiger partial charge in [0, 0.05) is 23.6 Å². The number of para-hydroxylation sites is 1. The summed E-state index contributed by atoms with van der Waals surface area (Å²) in [5.41, 5.74) is 3.04. The Kier molecular flexibility index (Phi) is 5.36. The summed E-state index contributed by atoms with van der Waals surface area (Å²) in [5, 5.41) is 7.71. The van der Waals surface area contributed by atoms with Crippen molar-refractivity contribution in [1.29, 1.82) is 0 Å². The molecule has 0 atom stereocenters. The minimum Gasteiger partial charge on any atom is -0.452 e. The van der Waals surface area contributed by atoms with Crippen LogP contribution in [0.5, 0.6) is 0 Å². The van der Waals surface area contributed by atoms with E-state index < -0.39 is 5.97 Å². The molecule has 0 saturated carbocycles. The second kappa shape index (κ2) is 7.86. The third-order valence-corrected chi connectivity index (χ3v) is 4.20. The molecular weight excluding hydrogens is 334 g/mol. The Morgan fingerprint density at radius 3 is 2.92 bits per heavy atom. The molecule has 2 N–H and O–H groups in total. The second-order valence-electron chi connectivity index (χ2n) is 5.95. The smallest absolute Gasteiger partial charge is 0.344 e. The minimum atomic E-state index is -0.590. The van der Waals surface area contributed by atoms with E-state index in [9.17, 15) is 9.59 Å². The molecule has 0 unspecified atom stereocenters. The summed E-state index contributed by atoms with van der Waals surface area (Å²) in [7, 11) is 0. The summed E-state index contributed by atoms with van der Waals surface area (Å²) < 4.78 is 10.1. The lowest BCUT2D eigenvalue weighted by atomic mass is 10.1. The van der Waals surface area contributed by atoms with Crippen LogP contribution < -0.4 is 5.32 Å². The fourth-order valence-electron chi connectivity index (χ4n) is 2.85. The van der Waals surface area contributed by atoms with E-state index in [4.69, 9.17) is 9.26 Å². The quantitative estimate of drug-likeness (QED) is 0.635. The topological polar surface area (TPSA) is 97.2 Å². The zero-order valence-corrected chi connectivity index (χ0v) is 14.8. The van der Waals surface area contributed by atoms with Gasteiger partial charge in [-0.3, -0.25) is 4.79 Å². The van der Waals surface area contributed by atoms with E-state index in [1.54, 1.807) is 6.92 Å². The maximum absolute atomic E-state index is 12.1. The fraction of sp³-hybridized carbons (Fsp3) is 0.316. The lowest BCUT2D eigenvalue weighted by Crippen LogP contribution is -2.30. The summed E-state index contributed by atoms with van der Waals surface area (Å²) in [4.78, 5) is 27.2. The standard InChI is InChI=1S/C19H21N3O4/c1-3-15-18(12(2)26-22-15)19(24)25-11-17(23)20-9-8-13-10-21-16-7-5-4-6-14(13)16/h4-7,10,21H,3,8-9,11H2,1-2H3,(H,20,23). The van der Waals surface area contributed by atoms with Gasteiger partial charge in [0.05, 0.1) is 5.69 Å². The van der Waals surface area contributed by atoms with Crippen LogP contribution in [-0.2, 0) is 22.4 Å². The lowest BCUT2D eigenvalue weighted by Gasteiger charge is -2.06. The van der Waals surface area contributed by atoms with Crippen LogP contribution in [0.3, 0.4) is 0 Å². The number of amides is 1. The van der Waals surface area contributed by atoms with Crippen molar-refractivity contribution in [3.8, 4) is 0 Å². The van der Waals surface area contributed by atoms with Gasteiger partial charge in [0.25, 0.3) is 5.91 Å². The van der Waals surface area contributed by atoms with Gasteiger partial charge in [-0.05, 0) is 31.4 Å². The van der Waals surface area contributed by atoms with Crippen LogP contribution in [0.15, 0.2) is 35.0 Å². The Labute approximate surface area is 150 Å². The van der Waals surface area contributed by atoms with Gasteiger partial charge in [0.15, 0.2) is 6.61 Å². The second-order valence-corrected chi connectivity index (χ2v) is 5.95. The van der Waals surface area contributed by atoms with Crippen molar-refractivity contribution in [2.45, 2.75) is 26.7 Å². The number of H-pyrrole nitrogens is 1. The predicted octanol–water partition coefficient (Wildman–Crippen LogP) is 2.54. The molecule has 0 spiro atoms. The van der Waals surface area contributed by atoms with Crippen molar-refractivity contribution < 1.29 is 18.8 Å². The number of ether oxygens (including phenoxy) is 1. The number of carbonyl (C=O) groups is 2. The normalized spacial score (nSPS) is 10.8. The molecule has 26 heavy (non-hydrogen) atoms. The highest BCUT2D eigenvalue weighted by Crippen LogP contribution is 2.18. The number of aromatic nitrogens is 2. The molecule has 0 fully saturated rings. The van der Waals surface area contributed by atoms with Crippen molar-refractivity contribution in [2.75, 3.05) is 13.2 Å². The van der Waals surface area contributed by atoms with Gasteiger partial charge >= 0.3 is 5.97 Å². The highest BCUT2D eigenvalue weighted by molar-refractivity contribution is 5.93. The molecule has 7 heteroatoms. The molecule has 0 aliphatic rings. The van der Waals surface area contributed by atoms with E-state index in [1.807, 2.05) is 37.4 Å². The van der Waals surface area contributed by atoms with Gasteiger partial charge < -0.3 is 19.6 Å². The molecular formula is C19H21N3O4. The minimum absolute atomic E-state index is 0.305. The molecule has 1 aromatic carbocycles. The number of hydrogen-bond acceptors (Lipinski definition) is 5. The number of aromatic amines is 1. The fourth-order valence-corrected chi connectivity index (χ4v) is 2.85. The number of esters is 1. The maximum Gasteiger partial charge on any atom is 0.344 e.